The molecule has 7 heteroatoms. The lowest BCUT2D eigenvalue weighted by molar-refractivity contribution is 0.236. The van der Waals surface area contributed by atoms with E-state index < -0.39 is 10.0 Å². The molecule has 0 amide bonds. The van der Waals surface area contributed by atoms with Gasteiger partial charge in [-0.2, -0.15) is 0 Å². The maximum Gasteiger partial charge on any atom is 0.274 e. The number of benzene rings is 1. The Morgan fingerprint density at radius 1 is 1.16 bits per heavy atom. The van der Waals surface area contributed by atoms with Crippen molar-refractivity contribution in [3.63, 3.8) is 0 Å². The molecule has 0 spiro atoms. The highest BCUT2D eigenvalue weighted by molar-refractivity contribution is 9.10. The molecule has 5 nitrogen and oxygen atoms in total. The second-order valence-electron chi connectivity index (χ2n) is 3.83. The second-order valence-corrected chi connectivity index (χ2v) is 6.44. The molecule has 0 atom stereocenters. The normalized spacial score (nSPS) is 11.7. The Morgan fingerprint density at radius 3 is 2.42 bits per heavy atom. The smallest absolute Gasteiger partial charge is 0.274 e. The third-order valence-corrected chi connectivity index (χ3v) is 4.24. The summed E-state index contributed by atoms with van der Waals surface area (Å²) in [7, 11) is -3.70. The van der Waals surface area contributed by atoms with Crippen LogP contribution in [0.5, 0.6) is 0 Å². The van der Waals surface area contributed by atoms with Crippen LogP contribution in [0.15, 0.2) is 50.4 Å². The van der Waals surface area contributed by atoms with Crippen LogP contribution in [-0.2, 0) is 23.2 Å². The monoisotopic (exact) mass is 345 g/mol. The molecule has 0 aliphatic carbocycles. The van der Waals surface area contributed by atoms with Gasteiger partial charge in [0.1, 0.15) is 12.4 Å². The summed E-state index contributed by atoms with van der Waals surface area (Å²) in [5.74, 6) is 0.212. The molecule has 2 N–H and O–H groups in total. The third kappa shape index (κ3) is 3.66. The number of nitrogens with one attached hydrogen (secondary N) is 1. The average molecular weight is 346 g/mol. The van der Waals surface area contributed by atoms with E-state index in [0.29, 0.717) is 0 Å². The van der Waals surface area contributed by atoms with E-state index in [9.17, 15) is 8.42 Å². The summed E-state index contributed by atoms with van der Waals surface area (Å²) in [5.41, 5.74) is 0.834. The molecule has 0 saturated heterocycles. The van der Waals surface area contributed by atoms with Gasteiger partial charge in [-0.3, -0.25) is 0 Å². The lowest BCUT2D eigenvalue weighted by Gasteiger charge is -2.04. The van der Waals surface area contributed by atoms with Crippen molar-refractivity contribution in [1.29, 1.82) is 0 Å². The number of aliphatic hydroxyl groups is 1. The highest BCUT2D eigenvalue weighted by Gasteiger charge is 2.18. The molecule has 1 aromatic carbocycles. The van der Waals surface area contributed by atoms with Crippen molar-refractivity contribution >= 4 is 26.0 Å². The van der Waals surface area contributed by atoms with Crippen LogP contribution in [0, 0.1) is 0 Å². The molecule has 0 unspecified atom stereocenters. The lowest BCUT2D eigenvalue weighted by Crippen LogP contribution is -2.22. The Balaban J connectivity index is 2.07. The van der Waals surface area contributed by atoms with Crippen LogP contribution >= 0.6 is 15.9 Å². The first kappa shape index (κ1) is 14.3. The Kier molecular flexibility index (Phi) is 4.41. The quantitative estimate of drug-likeness (QED) is 0.868. The molecular weight excluding hydrogens is 334 g/mol. The van der Waals surface area contributed by atoms with Gasteiger partial charge in [0.05, 0.1) is 0 Å². The summed E-state index contributed by atoms with van der Waals surface area (Å²) in [6.07, 6.45) is 0. The second kappa shape index (κ2) is 5.87. The first-order valence-electron chi connectivity index (χ1n) is 5.45. The first-order chi connectivity index (χ1) is 9.01. The molecule has 0 fully saturated rings. The fourth-order valence-corrected chi connectivity index (χ4v) is 2.67. The number of furan rings is 1. The molecule has 0 aliphatic heterocycles. The van der Waals surface area contributed by atoms with Crippen molar-refractivity contribution in [2.24, 2.45) is 0 Å². The molecule has 0 saturated carbocycles. The van der Waals surface area contributed by atoms with Crippen molar-refractivity contribution in [3.05, 3.63) is 52.2 Å². The standard InChI is InChI=1S/C12H12BrNO4S/c13-10-3-1-9(2-4-10)7-14-19(16,17)12-6-5-11(8-15)18-12/h1-6,14-15H,7-8H2. The first-order valence-corrected chi connectivity index (χ1v) is 7.72. The minimum atomic E-state index is -3.70. The van der Waals surface area contributed by atoms with Gasteiger partial charge in [0.15, 0.2) is 0 Å². The minimum absolute atomic E-state index is 0.171. The highest BCUT2D eigenvalue weighted by atomic mass is 79.9. The van der Waals surface area contributed by atoms with Crippen molar-refractivity contribution in [2.45, 2.75) is 18.2 Å². The van der Waals surface area contributed by atoms with Crippen LogP contribution in [0.3, 0.4) is 0 Å². The minimum Gasteiger partial charge on any atom is -0.446 e. The summed E-state index contributed by atoms with van der Waals surface area (Å²) in [4.78, 5) is 0. The Labute approximate surface area is 119 Å². The highest BCUT2D eigenvalue weighted by Crippen LogP contribution is 2.15. The number of aliphatic hydroxyl groups excluding tert-OH is 1. The van der Waals surface area contributed by atoms with Gasteiger partial charge in [-0.05, 0) is 29.8 Å². The maximum atomic E-state index is 11.9. The summed E-state index contributed by atoms with van der Waals surface area (Å²) in [5, 5.41) is 8.64. The zero-order chi connectivity index (χ0) is 13.9. The van der Waals surface area contributed by atoms with E-state index in [2.05, 4.69) is 20.7 Å². The van der Waals surface area contributed by atoms with E-state index in [1.54, 1.807) is 0 Å². The predicted molar refractivity (Wildman–Crippen MR) is 72.8 cm³/mol. The topological polar surface area (TPSA) is 79.5 Å². The summed E-state index contributed by atoms with van der Waals surface area (Å²) >= 11 is 3.31. The van der Waals surface area contributed by atoms with Gasteiger partial charge >= 0.3 is 0 Å². The average Bonchev–Trinajstić information content (AvgIpc) is 2.88. The zero-order valence-electron chi connectivity index (χ0n) is 9.84. The van der Waals surface area contributed by atoms with Crippen LogP contribution < -0.4 is 4.72 Å². The Bertz CT molecular complexity index is 649. The van der Waals surface area contributed by atoms with Crippen molar-refractivity contribution < 1.29 is 17.9 Å². The summed E-state index contributed by atoms with van der Waals surface area (Å²) in [6.45, 7) is -0.160. The van der Waals surface area contributed by atoms with Gasteiger partial charge in [-0.1, -0.05) is 28.1 Å². The van der Waals surface area contributed by atoms with Gasteiger partial charge in [0, 0.05) is 11.0 Å². The molecule has 0 bridgehead atoms. The Hall–Kier alpha value is -1.15. The van der Waals surface area contributed by atoms with Crippen LogP contribution in [0.2, 0.25) is 0 Å². The molecule has 1 aromatic heterocycles. The molecule has 1 heterocycles. The number of hydrogen-bond acceptors (Lipinski definition) is 4. The lowest BCUT2D eigenvalue weighted by atomic mass is 10.2. The number of rotatable bonds is 5. The molecular formula is C12H12BrNO4S. The van der Waals surface area contributed by atoms with Crippen LogP contribution in [0.4, 0.5) is 0 Å². The van der Waals surface area contributed by atoms with E-state index in [0.717, 1.165) is 10.0 Å². The van der Waals surface area contributed by atoms with Crippen molar-refractivity contribution in [3.8, 4) is 0 Å². The van der Waals surface area contributed by atoms with Gasteiger partial charge in [-0.15, -0.1) is 0 Å². The van der Waals surface area contributed by atoms with Crippen molar-refractivity contribution in [2.75, 3.05) is 0 Å². The Morgan fingerprint density at radius 2 is 1.84 bits per heavy atom. The molecule has 2 rings (SSSR count). The molecule has 19 heavy (non-hydrogen) atoms. The van der Waals surface area contributed by atoms with E-state index in [4.69, 9.17) is 9.52 Å². The van der Waals surface area contributed by atoms with E-state index in [-0.39, 0.29) is 24.0 Å². The van der Waals surface area contributed by atoms with E-state index in [1.807, 2.05) is 24.3 Å². The number of sulfonamides is 1. The molecule has 102 valence electrons. The van der Waals surface area contributed by atoms with Crippen LogP contribution in [0.1, 0.15) is 11.3 Å². The van der Waals surface area contributed by atoms with Crippen LogP contribution in [-0.4, -0.2) is 13.5 Å². The van der Waals surface area contributed by atoms with Crippen LogP contribution in [0.25, 0.3) is 0 Å². The van der Waals surface area contributed by atoms with Gasteiger partial charge in [-0.25, -0.2) is 13.1 Å². The zero-order valence-corrected chi connectivity index (χ0v) is 12.2. The summed E-state index contributed by atoms with van der Waals surface area (Å²) < 4.78 is 32.2. The predicted octanol–water partition coefficient (Wildman–Crippen LogP) is 2.01. The van der Waals surface area contributed by atoms with Gasteiger partial charge in [0.2, 0.25) is 5.09 Å². The van der Waals surface area contributed by atoms with Gasteiger partial charge in [0.25, 0.3) is 10.0 Å². The third-order valence-electron chi connectivity index (χ3n) is 2.44. The molecule has 0 radical (unpaired) electrons. The summed E-state index contributed by atoms with van der Waals surface area (Å²) in [6, 6.07) is 10.0. The number of halogens is 1. The van der Waals surface area contributed by atoms with Crippen molar-refractivity contribution in [1.82, 2.24) is 4.72 Å². The maximum absolute atomic E-state index is 11.9. The number of hydrogen-bond donors (Lipinski definition) is 2. The fraction of sp³-hybridized carbons (Fsp3) is 0.167. The molecule has 0 aliphatic rings. The molecule has 2 aromatic rings. The van der Waals surface area contributed by atoms with E-state index in [1.165, 1.54) is 12.1 Å². The fourth-order valence-electron chi connectivity index (χ4n) is 1.44. The van der Waals surface area contributed by atoms with E-state index >= 15 is 0 Å². The SMILES string of the molecule is O=S(=O)(NCc1ccc(Br)cc1)c1ccc(CO)o1. The van der Waals surface area contributed by atoms with Gasteiger partial charge < -0.3 is 9.52 Å². The largest absolute Gasteiger partial charge is 0.446 e.